The van der Waals surface area contributed by atoms with Gasteiger partial charge < -0.3 is 0 Å². The number of hydrogen-bond acceptors (Lipinski definition) is 5. The number of fused-ring (bicyclic) bond motifs is 1. The number of nitrogens with one attached hydrogen (secondary N) is 2. The van der Waals surface area contributed by atoms with Crippen LogP contribution in [0, 0.1) is 5.82 Å². The van der Waals surface area contributed by atoms with Gasteiger partial charge in [0.05, 0.1) is 5.56 Å². The normalized spacial score (nSPS) is 10.9. The molecule has 4 aromatic rings. The van der Waals surface area contributed by atoms with E-state index in [4.69, 9.17) is 0 Å². The lowest BCUT2D eigenvalue weighted by atomic mass is 10.1. The molecule has 0 aliphatic carbocycles. The van der Waals surface area contributed by atoms with E-state index in [0.717, 1.165) is 5.56 Å². The van der Waals surface area contributed by atoms with Gasteiger partial charge >= 0.3 is 0 Å². The van der Waals surface area contributed by atoms with E-state index in [1.165, 1.54) is 18.5 Å². The van der Waals surface area contributed by atoms with Gasteiger partial charge in [0, 0.05) is 12.6 Å². The Balaban J connectivity index is 1.47. The van der Waals surface area contributed by atoms with Gasteiger partial charge in [-0.3, -0.25) is 19.6 Å². The smallest absolute Gasteiger partial charge is 0.259 e. The lowest BCUT2D eigenvalue weighted by Gasteiger charge is -2.01. The Labute approximate surface area is 140 Å². The van der Waals surface area contributed by atoms with Crippen molar-refractivity contribution in [1.29, 1.82) is 0 Å². The number of hydrogen-bond donors (Lipinski definition) is 2. The Bertz CT molecular complexity index is 1060. The molecule has 4 rings (SSSR count). The molecule has 0 spiro atoms. The first-order valence-corrected chi connectivity index (χ1v) is 7.44. The highest BCUT2D eigenvalue weighted by molar-refractivity contribution is 6.03. The summed E-state index contributed by atoms with van der Waals surface area (Å²) in [6, 6.07) is 9.55. The van der Waals surface area contributed by atoms with Gasteiger partial charge in [-0.25, -0.2) is 4.39 Å². The number of amides is 1. The van der Waals surface area contributed by atoms with Crippen LogP contribution in [0.3, 0.4) is 0 Å². The fourth-order valence-corrected chi connectivity index (χ4v) is 2.41. The third-order valence-corrected chi connectivity index (χ3v) is 3.57. The predicted molar refractivity (Wildman–Crippen MR) is 86.5 cm³/mol. The van der Waals surface area contributed by atoms with Crippen molar-refractivity contribution in [3.05, 3.63) is 71.7 Å². The second-order valence-corrected chi connectivity index (χ2v) is 5.38. The molecule has 0 saturated heterocycles. The maximum absolute atomic E-state index is 13.2. The summed E-state index contributed by atoms with van der Waals surface area (Å²) in [5.74, 6) is 0.0113. The van der Waals surface area contributed by atoms with Crippen LogP contribution in [0.2, 0.25) is 0 Å². The lowest BCUT2D eigenvalue weighted by Crippen LogP contribution is -2.13. The SMILES string of the molecule is O=C(Nc1n[nH]c(Cc2cccc(F)c2)n1)c1ccc2nncn2c1. The van der Waals surface area contributed by atoms with Crippen LogP contribution < -0.4 is 5.32 Å². The molecular weight excluding hydrogens is 325 g/mol. The van der Waals surface area contributed by atoms with Crippen LogP contribution in [0.4, 0.5) is 10.3 Å². The highest BCUT2D eigenvalue weighted by Crippen LogP contribution is 2.10. The first-order chi connectivity index (χ1) is 12.2. The van der Waals surface area contributed by atoms with Crippen LogP contribution in [0.1, 0.15) is 21.7 Å². The number of H-pyrrole nitrogens is 1. The van der Waals surface area contributed by atoms with E-state index in [0.29, 0.717) is 23.5 Å². The van der Waals surface area contributed by atoms with Crippen LogP contribution in [-0.4, -0.2) is 35.7 Å². The topological polar surface area (TPSA) is 101 Å². The highest BCUT2D eigenvalue weighted by Gasteiger charge is 2.11. The van der Waals surface area contributed by atoms with Gasteiger partial charge in [0.25, 0.3) is 5.91 Å². The molecule has 1 aromatic carbocycles. The Morgan fingerprint density at radius 2 is 2.20 bits per heavy atom. The van der Waals surface area contributed by atoms with Gasteiger partial charge in [0.1, 0.15) is 18.0 Å². The molecule has 0 aliphatic rings. The van der Waals surface area contributed by atoms with Gasteiger partial charge in [0.15, 0.2) is 5.65 Å². The summed E-state index contributed by atoms with van der Waals surface area (Å²) in [6.45, 7) is 0. The van der Waals surface area contributed by atoms with E-state index in [9.17, 15) is 9.18 Å². The number of pyridine rings is 1. The molecule has 2 N–H and O–H groups in total. The van der Waals surface area contributed by atoms with Crippen molar-refractivity contribution < 1.29 is 9.18 Å². The monoisotopic (exact) mass is 337 g/mol. The molecule has 0 fully saturated rings. The standard InChI is InChI=1S/C16H12FN7O/c17-12-3-1-2-10(6-12)7-13-19-16(23-21-13)20-15(25)11-4-5-14-22-18-9-24(14)8-11/h1-6,8-9H,7H2,(H2,19,20,21,23,25). The minimum absolute atomic E-state index is 0.153. The Kier molecular flexibility index (Phi) is 3.65. The summed E-state index contributed by atoms with van der Waals surface area (Å²) in [5.41, 5.74) is 1.82. The van der Waals surface area contributed by atoms with E-state index >= 15 is 0 Å². The van der Waals surface area contributed by atoms with Crippen LogP contribution >= 0.6 is 0 Å². The van der Waals surface area contributed by atoms with Gasteiger partial charge in [0.2, 0.25) is 5.95 Å². The number of aromatic amines is 1. The van der Waals surface area contributed by atoms with E-state index in [1.54, 1.807) is 34.9 Å². The van der Waals surface area contributed by atoms with Crippen molar-refractivity contribution >= 4 is 17.5 Å². The maximum Gasteiger partial charge on any atom is 0.259 e. The molecule has 9 heteroatoms. The van der Waals surface area contributed by atoms with Crippen LogP contribution in [-0.2, 0) is 6.42 Å². The number of anilines is 1. The lowest BCUT2D eigenvalue weighted by molar-refractivity contribution is 0.102. The van der Waals surface area contributed by atoms with Crippen LogP contribution in [0.5, 0.6) is 0 Å². The third-order valence-electron chi connectivity index (χ3n) is 3.57. The molecule has 0 bridgehead atoms. The zero-order valence-electron chi connectivity index (χ0n) is 12.8. The minimum Gasteiger partial charge on any atom is -0.289 e. The second-order valence-electron chi connectivity index (χ2n) is 5.38. The summed E-state index contributed by atoms with van der Waals surface area (Å²) in [7, 11) is 0. The first kappa shape index (κ1) is 14.9. The molecule has 8 nitrogen and oxygen atoms in total. The molecule has 0 radical (unpaired) electrons. The molecule has 0 unspecified atom stereocenters. The molecule has 0 saturated carbocycles. The number of carbonyl (C=O) groups is 1. The third kappa shape index (κ3) is 3.20. The molecule has 0 aliphatic heterocycles. The van der Waals surface area contributed by atoms with E-state index in [1.807, 2.05) is 0 Å². The van der Waals surface area contributed by atoms with Crippen molar-refractivity contribution in [1.82, 2.24) is 29.8 Å². The fraction of sp³-hybridized carbons (Fsp3) is 0.0625. The molecule has 0 atom stereocenters. The quantitative estimate of drug-likeness (QED) is 0.592. The number of aromatic nitrogens is 6. The zero-order chi connectivity index (χ0) is 17.2. The highest BCUT2D eigenvalue weighted by atomic mass is 19.1. The average Bonchev–Trinajstić information content (AvgIpc) is 3.23. The number of nitrogens with zero attached hydrogens (tertiary/aromatic N) is 5. The number of carbonyl (C=O) groups excluding carboxylic acids is 1. The number of benzene rings is 1. The van der Waals surface area contributed by atoms with Crippen molar-refractivity contribution in [2.75, 3.05) is 5.32 Å². The largest absolute Gasteiger partial charge is 0.289 e. The van der Waals surface area contributed by atoms with Crippen molar-refractivity contribution in [3.8, 4) is 0 Å². The predicted octanol–water partition coefficient (Wildman–Crippen LogP) is 1.83. The van der Waals surface area contributed by atoms with E-state index in [-0.39, 0.29) is 17.7 Å². The van der Waals surface area contributed by atoms with E-state index in [2.05, 4.69) is 30.7 Å². The summed E-state index contributed by atoms with van der Waals surface area (Å²) < 4.78 is 14.8. The van der Waals surface area contributed by atoms with Gasteiger partial charge in [-0.2, -0.15) is 4.98 Å². The molecule has 3 aromatic heterocycles. The van der Waals surface area contributed by atoms with Crippen molar-refractivity contribution in [2.45, 2.75) is 6.42 Å². The molecule has 124 valence electrons. The minimum atomic E-state index is -0.355. The zero-order valence-corrected chi connectivity index (χ0v) is 12.8. The Hall–Kier alpha value is -3.62. The summed E-state index contributed by atoms with van der Waals surface area (Å²) in [4.78, 5) is 16.5. The molecule has 25 heavy (non-hydrogen) atoms. The first-order valence-electron chi connectivity index (χ1n) is 7.44. The second kappa shape index (κ2) is 6.11. The van der Waals surface area contributed by atoms with Crippen molar-refractivity contribution in [3.63, 3.8) is 0 Å². The summed E-state index contributed by atoms with van der Waals surface area (Å²) >= 11 is 0. The Morgan fingerprint density at radius 3 is 3.08 bits per heavy atom. The Morgan fingerprint density at radius 1 is 1.28 bits per heavy atom. The molecule has 1 amide bonds. The average molecular weight is 337 g/mol. The van der Waals surface area contributed by atoms with Crippen molar-refractivity contribution in [2.24, 2.45) is 0 Å². The fourth-order valence-electron chi connectivity index (χ4n) is 2.41. The number of halogens is 1. The molecule has 3 heterocycles. The molecular formula is C16H12FN7O. The van der Waals surface area contributed by atoms with E-state index < -0.39 is 0 Å². The van der Waals surface area contributed by atoms with Crippen LogP contribution in [0.15, 0.2) is 48.9 Å². The summed E-state index contributed by atoms with van der Waals surface area (Å²) in [5, 5.41) is 16.9. The van der Waals surface area contributed by atoms with Gasteiger partial charge in [-0.05, 0) is 29.8 Å². The van der Waals surface area contributed by atoms with Crippen LogP contribution in [0.25, 0.3) is 5.65 Å². The number of rotatable bonds is 4. The maximum atomic E-state index is 13.2. The van der Waals surface area contributed by atoms with Gasteiger partial charge in [-0.15, -0.1) is 15.3 Å². The summed E-state index contributed by atoms with van der Waals surface area (Å²) in [6.07, 6.45) is 3.51. The van der Waals surface area contributed by atoms with Gasteiger partial charge in [-0.1, -0.05) is 12.1 Å².